The van der Waals surface area contributed by atoms with Gasteiger partial charge < -0.3 is 14.8 Å². The first-order valence-corrected chi connectivity index (χ1v) is 8.25. The van der Waals surface area contributed by atoms with E-state index in [9.17, 15) is 19.2 Å². The van der Waals surface area contributed by atoms with Gasteiger partial charge in [0.15, 0.2) is 13.2 Å². The second kappa shape index (κ2) is 8.74. The summed E-state index contributed by atoms with van der Waals surface area (Å²) in [5.41, 5.74) is -1.19. The highest BCUT2D eigenvalue weighted by Crippen LogP contribution is 2.27. The average molecular weight is 416 g/mol. The molecule has 144 valence electrons. The maximum atomic E-state index is 11.9. The number of nitrogens with one attached hydrogen (secondary N) is 1. The van der Waals surface area contributed by atoms with Gasteiger partial charge in [0, 0.05) is 25.2 Å². The van der Waals surface area contributed by atoms with Crippen LogP contribution in [0.4, 0.5) is 5.82 Å². The molecule has 9 nitrogen and oxygen atoms in total. The Morgan fingerprint density at radius 2 is 1.78 bits per heavy atom. The van der Waals surface area contributed by atoms with Crippen LogP contribution in [0.1, 0.15) is 0 Å². The molecule has 0 aliphatic rings. The number of benzene rings is 1. The third kappa shape index (κ3) is 5.35. The van der Waals surface area contributed by atoms with Gasteiger partial charge in [0.25, 0.3) is 11.5 Å². The molecule has 1 aromatic carbocycles. The van der Waals surface area contributed by atoms with Gasteiger partial charge in [-0.25, -0.2) is 9.59 Å². The highest BCUT2D eigenvalue weighted by Gasteiger charge is 2.13. The van der Waals surface area contributed by atoms with Crippen molar-refractivity contribution >= 4 is 40.9 Å². The van der Waals surface area contributed by atoms with Gasteiger partial charge in [0.1, 0.15) is 11.6 Å². The van der Waals surface area contributed by atoms with Crippen molar-refractivity contribution in [3.05, 3.63) is 55.1 Å². The Labute approximate surface area is 163 Å². The summed E-state index contributed by atoms with van der Waals surface area (Å²) in [5.74, 6) is -1.32. The first-order chi connectivity index (χ1) is 12.7. The van der Waals surface area contributed by atoms with E-state index in [0.717, 1.165) is 15.2 Å². The molecule has 2 aromatic rings. The average Bonchev–Trinajstić information content (AvgIpc) is 2.62. The first kappa shape index (κ1) is 20.5. The predicted octanol–water partition coefficient (Wildman–Crippen LogP) is 0.951. The first-order valence-electron chi connectivity index (χ1n) is 7.49. The summed E-state index contributed by atoms with van der Waals surface area (Å²) < 4.78 is 11.9. The molecule has 11 heteroatoms. The van der Waals surface area contributed by atoms with Gasteiger partial charge in [-0.3, -0.25) is 18.7 Å². The summed E-state index contributed by atoms with van der Waals surface area (Å²) in [6.45, 7) is -1.10. The van der Waals surface area contributed by atoms with Crippen LogP contribution in [-0.4, -0.2) is 34.2 Å². The quantitative estimate of drug-likeness (QED) is 0.703. The van der Waals surface area contributed by atoms with Gasteiger partial charge in [-0.1, -0.05) is 23.2 Å². The fourth-order valence-electron chi connectivity index (χ4n) is 1.95. The van der Waals surface area contributed by atoms with Crippen LogP contribution in [0.2, 0.25) is 10.0 Å². The molecule has 0 aliphatic heterocycles. The van der Waals surface area contributed by atoms with Crippen LogP contribution in [0.5, 0.6) is 5.75 Å². The number of carbonyl (C=O) groups excluding carboxylic acids is 2. The SMILES string of the molecule is Cn1c(NC(=O)COC(=O)COc2ccc(Cl)cc2Cl)cc(=O)n(C)c1=O. The zero-order valence-electron chi connectivity index (χ0n) is 14.3. The van der Waals surface area contributed by atoms with Crippen LogP contribution < -0.4 is 21.3 Å². The maximum Gasteiger partial charge on any atom is 0.344 e. The van der Waals surface area contributed by atoms with Crippen molar-refractivity contribution in [3.8, 4) is 5.75 Å². The summed E-state index contributed by atoms with van der Waals surface area (Å²) in [5, 5.41) is 2.96. The number of carbonyl (C=O) groups is 2. The zero-order valence-corrected chi connectivity index (χ0v) is 15.8. The normalized spacial score (nSPS) is 10.4. The van der Waals surface area contributed by atoms with Crippen LogP contribution in [0, 0.1) is 0 Å². The van der Waals surface area contributed by atoms with E-state index < -0.39 is 36.3 Å². The molecule has 1 N–H and O–H groups in total. The molecular weight excluding hydrogens is 401 g/mol. The number of ether oxygens (including phenoxy) is 2. The molecule has 1 amide bonds. The lowest BCUT2D eigenvalue weighted by Crippen LogP contribution is -2.38. The molecule has 0 atom stereocenters. The summed E-state index contributed by atoms with van der Waals surface area (Å²) >= 11 is 11.7. The number of hydrogen-bond donors (Lipinski definition) is 1. The van der Waals surface area contributed by atoms with Crippen molar-refractivity contribution < 1.29 is 19.1 Å². The summed E-state index contributed by atoms with van der Waals surface area (Å²) in [6.07, 6.45) is 0. The lowest BCUT2D eigenvalue weighted by molar-refractivity contribution is -0.149. The Bertz CT molecular complexity index is 999. The van der Waals surface area contributed by atoms with E-state index in [-0.39, 0.29) is 16.6 Å². The molecular formula is C16H15Cl2N3O6. The zero-order chi connectivity index (χ0) is 20.1. The molecule has 0 fully saturated rings. The molecule has 0 unspecified atom stereocenters. The number of aromatic nitrogens is 2. The fourth-order valence-corrected chi connectivity index (χ4v) is 2.41. The van der Waals surface area contributed by atoms with Gasteiger partial charge in [-0.05, 0) is 18.2 Å². The van der Waals surface area contributed by atoms with Gasteiger partial charge in [0.2, 0.25) is 0 Å². The number of nitrogens with zero attached hydrogens (tertiary/aromatic N) is 2. The summed E-state index contributed by atoms with van der Waals surface area (Å²) in [4.78, 5) is 46.9. The summed E-state index contributed by atoms with van der Waals surface area (Å²) in [6, 6.07) is 5.55. The number of esters is 1. The van der Waals surface area contributed by atoms with Crippen molar-refractivity contribution in [2.45, 2.75) is 0 Å². The molecule has 2 rings (SSSR count). The molecule has 27 heavy (non-hydrogen) atoms. The van der Waals surface area contributed by atoms with E-state index in [1.54, 1.807) is 0 Å². The predicted molar refractivity (Wildman–Crippen MR) is 98.5 cm³/mol. The van der Waals surface area contributed by atoms with Crippen LogP contribution in [-0.2, 0) is 28.4 Å². The minimum absolute atomic E-state index is 0.0201. The molecule has 0 saturated carbocycles. The van der Waals surface area contributed by atoms with E-state index in [1.165, 1.54) is 32.3 Å². The standard InChI is InChI=1S/C16H15Cl2N3O6/c1-20-12(6-14(23)21(2)16(20)25)19-13(22)7-27-15(24)8-26-11-4-3-9(17)5-10(11)18/h3-6H,7-8H2,1-2H3,(H,19,22). The Balaban J connectivity index is 1.87. The lowest BCUT2D eigenvalue weighted by atomic mass is 10.3. The van der Waals surface area contributed by atoms with Crippen LogP contribution in [0.25, 0.3) is 0 Å². The lowest BCUT2D eigenvalue weighted by Gasteiger charge is -2.11. The number of rotatable bonds is 6. The number of anilines is 1. The van der Waals surface area contributed by atoms with Crippen LogP contribution in [0.15, 0.2) is 33.9 Å². The van der Waals surface area contributed by atoms with Gasteiger partial charge in [-0.15, -0.1) is 0 Å². The maximum absolute atomic E-state index is 11.9. The van der Waals surface area contributed by atoms with E-state index in [1.807, 2.05) is 0 Å². The fraction of sp³-hybridized carbons (Fsp3) is 0.250. The molecule has 0 spiro atoms. The van der Waals surface area contributed by atoms with Gasteiger partial charge in [-0.2, -0.15) is 0 Å². The Morgan fingerprint density at radius 3 is 2.44 bits per heavy atom. The van der Waals surface area contributed by atoms with Crippen LogP contribution >= 0.6 is 23.2 Å². The number of amides is 1. The Hall–Kier alpha value is -2.78. The van der Waals surface area contributed by atoms with E-state index >= 15 is 0 Å². The summed E-state index contributed by atoms with van der Waals surface area (Å²) in [7, 11) is 2.69. The van der Waals surface area contributed by atoms with Crippen molar-refractivity contribution in [2.75, 3.05) is 18.5 Å². The van der Waals surface area contributed by atoms with Crippen LogP contribution in [0.3, 0.4) is 0 Å². The minimum atomic E-state index is -0.811. The smallest absolute Gasteiger partial charge is 0.344 e. The highest BCUT2D eigenvalue weighted by molar-refractivity contribution is 6.35. The number of hydrogen-bond acceptors (Lipinski definition) is 6. The van der Waals surface area contributed by atoms with E-state index in [2.05, 4.69) is 5.32 Å². The van der Waals surface area contributed by atoms with Gasteiger partial charge in [0.05, 0.1) is 5.02 Å². The topological polar surface area (TPSA) is 109 Å². The molecule has 0 bridgehead atoms. The Kier molecular flexibility index (Phi) is 6.65. The highest BCUT2D eigenvalue weighted by atomic mass is 35.5. The van der Waals surface area contributed by atoms with Crippen molar-refractivity contribution in [2.24, 2.45) is 14.1 Å². The molecule has 0 saturated heterocycles. The van der Waals surface area contributed by atoms with Gasteiger partial charge >= 0.3 is 11.7 Å². The number of halogens is 2. The third-order valence-corrected chi connectivity index (χ3v) is 3.93. The molecule has 1 heterocycles. The monoisotopic (exact) mass is 415 g/mol. The largest absolute Gasteiger partial charge is 0.480 e. The minimum Gasteiger partial charge on any atom is -0.480 e. The molecule has 1 aromatic heterocycles. The van der Waals surface area contributed by atoms with Crippen molar-refractivity contribution in [1.29, 1.82) is 0 Å². The second-order valence-corrected chi connectivity index (χ2v) is 6.18. The van der Waals surface area contributed by atoms with Crippen molar-refractivity contribution in [1.82, 2.24) is 9.13 Å². The second-order valence-electron chi connectivity index (χ2n) is 5.34. The molecule has 0 radical (unpaired) electrons. The van der Waals surface area contributed by atoms with E-state index in [0.29, 0.717) is 5.02 Å². The van der Waals surface area contributed by atoms with E-state index in [4.69, 9.17) is 32.7 Å². The molecule has 0 aliphatic carbocycles. The third-order valence-electron chi connectivity index (χ3n) is 3.40. The Morgan fingerprint density at radius 1 is 1.07 bits per heavy atom. The van der Waals surface area contributed by atoms with Crippen molar-refractivity contribution in [3.63, 3.8) is 0 Å².